The van der Waals surface area contributed by atoms with Crippen LogP contribution in [0, 0.1) is 5.92 Å². The molecule has 3 nitrogen and oxygen atoms in total. The molecule has 1 aliphatic heterocycles. The van der Waals surface area contributed by atoms with Gasteiger partial charge in [0.15, 0.2) is 0 Å². The van der Waals surface area contributed by atoms with Gasteiger partial charge in [0, 0.05) is 18.5 Å². The molecular formula is C18H24F3NO2. The number of carbonyl (C=O) groups excluding carboxylic acids is 1. The van der Waals surface area contributed by atoms with E-state index >= 15 is 0 Å². The molecule has 6 heteroatoms. The Hall–Kier alpha value is -1.56. The summed E-state index contributed by atoms with van der Waals surface area (Å²) in [6.07, 6.45) is -2.25. The normalized spacial score (nSPS) is 20.9. The first-order valence-corrected chi connectivity index (χ1v) is 8.33. The van der Waals surface area contributed by atoms with Crippen molar-refractivity contribution in [3.63, 3.8) is 0 Å². The Labute approximate surface area is 140 Å². The Morgan fingerprint density at radius 2 is 2.08 bits per heavy atom. The molecule has 0 radical (unpaired) electrons. The van der Waals surface area contributed by atoms with Crippen LogP contribution in [-0.2, 0) is 17.4 Å². The third-order valence-electron chi connectivity index (χ3n) is 4.49. The van der Waals surface area contributed by atoms with E-state index in [4.69, 9.17) is 0 Å². The van der Waals surface area contributed by atoms with E-state index in [0.29, 0.717) is 18.5 Å². The fourth-order valence-electron chi connectivity index (χ4n) is 3.36. The van der Waals surface area contributed by atoms with Gasteiger partial charge < -0.3 is 10.0 Å². The molecule has 0 bridgehead atoms. The Bertz CT molecular complexity index is 572. The average molecular weight is 343 g/mol. The number of nitrogens with zero attached hydrogens (tertiary/aromatic N) is 1. The zero-order valence-electron chi connectivity index (χ0n) is 14.0. The summed E-state index contributed by atoms with van der Waals surface area (Å²) in [5.74, 6) is -0.432. The zero-order chi connectivity index (χ0) is 17.9. The minimum atomic E-state index is -4.37. The molecule has 0 aromatic heterocycles. The highest BCUT2D eigenvalue weighted by atomic mass is 19.4. The second-order valence-corrected chi connectivity index (χ2v) is 6.72. The van der Waals surface area contributed by atoms with Gasteiger partial charge in [-0.3, -0.25) is 4.79 Å². The monoisotopic (exact) mass is 343 g/mol. The molecule has 0 saturated carbocycles. The van der Waals surface area contributed by atoms with Crippen molar-refractivity contribution in [3.05, 3.63) is 35.4 Å². The molecule has 1 aromatic rings. The highest BCUT2D eigenvalue weighted by Crippen LogP contribution is 2.30. The van der Waals surface area contributed by atoms with Crippen LogP contribution in [0.2, 0.25) is 0 Å². The Balaban J connectivity index is 2.04. The van der Waals surface area contributed by atoms with E-state index < -0.39 is 17.8 Å². The van der Waals surface area contributed by atoms with Gasteiger partial charge in [-0.15, -0.1) is 0 Å². The van der Waals surface area contributed by atoms with E-state index in [2.05, 4.69) is 0 Å². The van der Waals surface area contributed by atoms with Gasteiger partial charge in [-0.05, 0) is 44.2 Å². The van der Waals surface area contributed by atoms with Crippen molar-refractivity contribution in [2.45, 2.75) is 57.9 Å². The van der Waals surface area contributed by atoms with Crippen LogP contribution in [0.25, 0.3) is 0 Å². The molecule has 1 saturated heterocycles. The topological polar surface area (TPSA) is 40.5 Å². The first-order chi connectivity index (χ1) is 11.2. The van der Waals surface area contributed by atoms with Crippen LogP contribution >= 0.6 is 0 Å². The Kier molecular flexibility index (Phi) is 5.91. The molecule has 1 aliphatic rings. The second kappa shape index (κ2) is 7.55. The molecule has 1 aromatic carbocycles. The van der Waals surface area contributed by atoms with Crippen molar-refractivity contribution < 1.29 is 23.1 Å². The van der Waals surface area contributed by atoms with Crippen LogP contribution in [-0.4, -0.2) is 34.6 Å². The van der Waals surface area contributed by atoms with E-state index in [1.807, 2.05) is 0 Å². The molecule has 3 atom stereocenters. The predicted molar refractivity (Wildman–Crippen MR) is 85.3 cm³/mol. The highest BCUT2D eigenvalue weighted by Gasteiger charge is 2.33. The van der Waals surface area contributed by atoms with E-state index in [1.54, 1.807) is 24.8 Å². The number of rotatable bonds is 5. The van der Waals surface area contributed by atoms with Gasteiger partial charge >= 0.3 is 6.18 Å². The molecule has 0 aliphatic carbocycles. The predicted octanol–water partition coefficient (Wildman–Crippen LogP) is 3.65. The number of amides is 1. The molecule has 1 fully saturated rings. The third-order valence-corrected chi connectivity index (χ3v) is 4.49. The molecule has 0 spiro atoms. The van der Waals surface area contributed by atoms with Gasteiger partial charge in [-0.2, -0.15) is 13.2 Å². The van der Waals surface area contributed by atoms with Gasteiger partial charge in [0.25, 0.3) is 0 Å². The Morgan fingerprint density at radius 3 is 2.71 bits per heavy atom. The minimum absolute atomic E-state index is 0.0291. The lowest BCUT2D eigenvalue weighted by Gasteiger charge is -2.28. The van der Waals surface area contributed by atoms with Crippen molar-refractivity contribution >= 4 is 5.91 Å². The van der Waals surface area contributed by atoms with Crippen LogP contribution < -0.4 is 0 Å². The van der Waals surface area contributed by atoms with Crippen molar-refractivity contribution in [3.8, 4) is 0 Å². The summed E-state index contributed by atoms with van der Waals surface area (Å²) in [5.41, 5.74) is -0.176. The summed E-state index contributed by atoms with van der Waals surface area (Å²) in [7, 11) is 0. The number of carbonyl (C=O) groups is 1. The van der Waals surface area contributed by atoms with E-state index in [9.17, 15) is 23.1 Å². The molecule has 3 unspecified atom stereocenters. The molecule has 1 amide bonds. The maximum atomic E-state index is 12.8. The standard InChI is InChI=1S/C18H24F3NO2/c1-12(9-14-5-3-6-15(11-14)18(19,20)21)17(24)22-8-4-7-16(22)10-13(2)23/h3,5-6,11-13,16,23H,4,7-10H2,1-2H3. The SMILES string of the molecule is CC(O)CC1CCCN1C(=O)C(C)Cc1cccc(C(F)(F)F)c1. The third kappa shape index (κ3) is 4.72. The average Bonchev–Trinajstić information content (AvgIpc) is 2.93. The van der Waals surface area contributed by atoms with Crippen LogP contribution in [0.1, 0.15) is 44.2 Å². The number of aliphatic hydroxyl groups is 1. The van der Waals surface area contributed by atoms with Crippen LogP contribution in [0.5, 0.6) is 0 Å². The first-order valence-electron chi connectivity index (χ1n) is 8.33. The lowest BCUT2D eigenvalue weighted by atomic mass is 9.97. The fourth-order valence-corrected chi connectivity index (χ4v) is 3.36. The van der Waals surface area contributed by atoms with Crippen LogP contribution in [0.3, 0.4) is 0 Å². The molecule has 1 heterocycles. The lowest BCUT2D eigenvalue weighted by molar-refractivity contribution is -0.137. The number of alkyl halides is 3. The minimum Gasteiger partial charge on any atom is -0.393 e. The second-order valence-electron chi connectivity index (χ2n) is 6.72. The quantitative estimate of drug-likeness (QED) is 0.887. The van der Waals surface area contributed by atoms with Crippen molar-refractivity contribution in [2.24, 2.45) is 5.92 Å². The van der Waals surface area contributed by atoms with Crippen molar-refractivity contribution in [1.82, 2.24) is 4.90 Å². The molecular weight excluding hydrogens is 319 g/mol. The number of hydrogen-bond acceptors (Lipinski definition) is 2. The van der Waals surface area contributed by atoms with E-state index in [-0.39, 0.29) is 24.3 Å². The van der Waals surface area contributed by atoms with E-state index in [1.165, 1.54) is 6.07 Å². The molecule has 2 rings (SSSR count). The number of aliphatic hydroxyl groups excluding tert-OH is 1. The Morgan fingerprint density at radius 1 is 1.38 bits per heavy atom. The summed E-state index contributed by atoms with van der Waals surface area (Å²) in [4.78, 5) is 14.4. The summed E-state index contributed by atoms with van der Waals surface area (Å²) >= 11 is 0. The maximum absolute atomic E-state index is 12.8. The van der Waals surface area contributed by atoms with Crippen molar-refractivity contribution in [1.29, 1.82) is 0 Å². The zero-order valence-corrected chi connectivity index (χ0v) is 14.0. The number of benzene rings is 1. The lowest BCUT2D eigenvalue weighted by Crippen LogP contribution is -2.40. The fraction of sp³-hybridized carbons (Fsp3) is 0.611. The molecule has 1 N–H and O–H groups in total. The smallest absolute Gasteiger partial charge is 0.393 e. The number of hydrogen-bond donors (Lipinski definition) is 1. The maximum Gasteiger partial charge on any atom is 0.416 e. The molecule has 134 valence electrons. The number of likely N-dealkylation sites (tertiary alicyclic amines) is 1. The van der Waals surface area contributed by atoms with Gasteiger partial charge in [0.05, 0.1) is 11.7 Å². The highest BCUT2D eigenvalue weighted by molar-refractivity contribution is 5.79. The van der Waals surface area contributed by atoms with Gasteiger partial charge in [0.2, 0.25) is 5.91 Å². The number of halogens is 3. The summed E-state index contributed by atoms with van der Waals surface area (Å²) in [6, 6.07) is 5.18. The van der Waals surface area contributed by atoms with Gasteiger partial charge in [0.1, 0.15) is 0 Å². The summed E-state index contributed by atoms with van der Waals surface area (Å²) in [6.45, 7) is 4.11. The van der Waals surface area contributed by atoms with Gasteiger partial charge in [-0.25, -0.2) is 0 Å². The largest absolute Gasteiger partial charge is 0.416 e. The summed E-state index contributed by atoms with van der Waals surface area (Å²) < 4.78 is 38.4. The first kappa shape index (κ1) is 18.8. The molecule has 24 heavy (non-hydrogen) atoms. The van der Waals surface area contributed by atoms with Crippen LogP contribution in [0.4, 0.5) is 13.2 Å². The summed E-state index contributed by atoms with van der Waals surface area (Å²) in [5, 5.41) is 9.55. The van der Waals surface area contributed by atoms with Gasteiger partial charge in [-0.1, -0.05) is 25.1 Å². The van der Waals surface area contributed by atoms with E-state index in [0.717, 1.165) is 25.0 Å². The van der Waals surface area contributed by atoms with Crippen LogP contribution in [0.15, 0.2) is 24.3 Å². The van der Waals surface area contributed by atoms with Crippen molar-refractivity contribution in [2.75, 3.05) is 6.54 Å².